The first-order chi connectivity index (χ1) is 8.13. The minimum atomic E-state index is 0.654. The van der Waals surface area contributed by atoms with Gasteiger partial charge in [-0.3, -0.25) is 0 Å². The normalized spacial score (nSPS) is 13.0. The Kier molecular flexibility index (Phi) is 6.28. The lowest BCUT2D eigenvalue weighted by atomic mass is 9.93. The van der Waals surface area contributed by atoms with Gasteiger partial charge in [0, 0.05) is 0 Å². The fourth-order valence-corrected chi connectivity index (χ4v) is 2.16. The molecule has 0 saturated heterocycles. The van der Waals surface area contributed by atoms with Crippen LogP contribution in [0.3, 0.4) is 0 Å². The van der Waals surface area contributed by atoms with Crippen LogP contribution in [0, 0.1) is 5.92 Å². The third-order valence-electron chi connectivity index (χ3n) is 3.17. The fraction of sp³-hybridized carbons (Fsp3) is 0.625. The molecule has 1 rings (SSSR count). The van der Waals surface area contributed by atoms with E-state index in [4.69, 9.17) is 0 Å². The molecule has 1 atom stereocenters. The lowest BCUT2D eigenvalue weighted by Crippen LogP contribution is -2.16. The van der Waals surface area contributed by atoms with Crippen molar-refractivity contribution >= 4 is 0 Å². The highest BCUT2D eigenvalue weighted by Crippen LogP contribution is 2.20. The average Bonchev–Trinajstić information content (AvgIpc) is 2.28. The Balaban J connectivity index is 2.57. The van der Waals surface area contributed by atoms with Gasteiger partial charge in [-0.1, -0.05) is 52.0 Å². The summed E-state index contributed by atoms with van der Waals surface area (Å²) in [4.78, 5) is 0. The molecule has 0 spiro atoms. The Labute approximate surface area is 107 Å². The summed E-state index contributed by atoms with van der Waals surface area (Å²) in [6.45, 7) is 11.2. The van der Waals surface area contributed by atoms with Gasteiger partial charge in [-0.05, 0) is 48.9 Å². The maximum Gasteiger partial charge on any atom is -0.00433 e. The van der Waals surface area contributed by atoms with E-state index in [1.54, 1.807) is 0 Å². The summed E-state index contributed by atoms with van der Waals surface area (Å²) in [5.41, 5.74) is 2.97. The Bertz CT molecular complexity index is 317. The molecule has 1 nitrogen and oxygen atoms in total. The SMILES string of the molecule is CCNCCC(C)c1cccc(CC(C)C)c1. The molecule has 1 unspecified atom stereocenters. The molecule has 96 valence electrons. The van der Waals surface area contributed by atoms with Crippen molar-refractivity contribution in [2.45, 2.75) is 46.5 Å². The van der Waals surface area contributed by atoms with Gasteiger partial charge in [0.2, 0.25) is 0 Å². The van der Waals surface area contributed by atoms with E-state index < -0.39 is 0 Å². The highest BCUT2D eigenvalue weighted by Gasteiger charge is 2.06. The summed E-state index contributed by atoms with van der Waals surface area (Å²) in [6.07, 6.45) is 2.41. The molecular weight excluding hydrogens is 206 g/mol. The van der Waals surface area contributed by atoms with Gasteiger partial charge in [-0.2, -0.15) is 0 Å². The van der Waals surface area contributed by atoms with Gasteiger partial charge in [-0.25, -0.2) is 0 Å². The van der Waals surface area contributed by atoms with Crippen LogP contribution in [0.1, 0.15) is 51.2 Å². The summed E-state index contributed by atoms with van der Waals surface area (Å²) in [6, 6.07) is 9.11. The Morgan fingerprint density at radius 1 is 1.18 bits per heavy atom. The second kappa shape index (κ2) is 7.50. The molecule has 0 radical (unpaired) electrons. The molecule has 0 aliphatic rings. The van der Waals surface area contributed by atoms with Crippen molar-refractivity contribution in [3.63, 3.8) is 0 Å². The Hall–Kier alpha value is -0.820. The van der Waals surface area contributed by atoms with E-state index in [9.17, 15) is 0 Å². The summed E-state index contributed by atoms with van der Waals surface area (Å²) < 4.78 is 0. The van der Waals surface area contributed by atoms with E-state index in [0.29, 0.717) is 5.92 Å². The molecule has 1 aromatic rings. The molecule has 1 aromatic carbocycles. The minimum absolute atomic E-state index is 0.654. The second-order valence-electron chi connectivity index (χ2n) is 5.39. The van der Waals surface area contributed by atoms with Crippen molar-refractivity contribution in [1.29, 1.82) is 0 Å². The van der Waals surface area contributed by atoms with Crippen LogP contribution in [-0.2, 0) is 6.42 Å². The molecule has 1 N–H and O–H groups in total. The molecule has 0 heterocycles. The summed E-state index contributed by atoms with van der Waals surface area (Å²) in [5, 5.41) is 3.40. The molecule has 1 heteroatoms. The maximum atomic E-state index is 3.40. The number of hydrogen-bond acceptors (Lipinski definition) is 1. The largest absolute Gasteiger partial charge is 0.317 e. The number of benzene rings is 1. The lowest BCUT2D eigenvalue weighted by Gasteiger charge is -2.14. The first-order valence-electron chi connectivity index (χ1n) is 6.93. The zero-order valence-electron chi connectivity index (χ0n) is 11.8. The van der Waals surface area contributed by atoms with Crippen molar-refractivity contribution in [2.75, 3.05) is 13.1 Å². The third-order valence-corrected chi connectivity index (χ3v) is 3.17. The quantitative estimate of drug-likeness (QED) is 0.702. The smallest absolute Gasteiger partial charge is 0.00433 e. The highest BCUT2D eigenvalue weighted by atomic mass is 14.8. The van der Waals surface area contributed by atoms with Crippen LogP contribution in [0.2, 0.25) is 0 Å². The predicted octanol–water partition coefficient (Wildman–Crippen LogP) is 3.99. The highest BCUT2D eigenvalue weighted by molar-refractivity contribution is 5.26. The number of hydrogen-bond donors (Lipinski definition) is 1. The first-order valence-corrected chi connectivity index (χ1v) is 6.93. The molecular formula is C16H27N. The van der Waals surface area contributed by atoms with Crippen LogP contribution in [-0.4, -0.2) is 13.1 Å². The minimum Gasteiger partial charge on any atom is -0.317 e. The first kappa shape index (κ1) is 14.2. The van der Waals surface area contributed by atoms with E-state index in [2.05, 4.69) is 57.3 Å². The van der Waals surface area contributed by atoms with Gasteiger partial charge in [0.05, 0.1) is 0 Å². The van der Waals surface area contributed by atoms with Crippen LogP contribution in [0.25, 0.3) is 0 Å². The van der Waals surface area contributed by atoms with Gasteiger partial charge in [0.25, 0.3) is 0 Å². The van der Waals surface area contributed by atoms with Crippen LogP contribution in [0.5, 0.6) is 0 Å². The van der Waals surface area contributed by atoms with Crippen LogP contribution < -0.4 is 5.32 Å². The van der Waals surface area contributed by atoms with Gasteiger partial charge in [-0.15, -0.1) is 0 Å². The lowest BCUT2D eigenvalue weighted by molar-refractivity contribution is 0.606. The third kappa shape index (κ3) is 5.36. The van der Waals surface area contributed by atoms with E-state index in [1.807, 2.05) is 0 Å². The summed E-state index contributed by atoms with van der Waals surface area (Å²) in [7, 11) is 0. The van der Waals surface area contributed by atoms with Crippen LogP contribution in [0.4, 0.5) is 0 Å². The van der Waals surface area contributed by atoms with Crippen molar-refractivity contribution in [3.05, 3.63) is 35.4 Å². The van der Waals surface area contributed by atoms with Crippen LogP contribution >= 0.6 is 0 Å². The van der Waals surface area contributed by atoms with Crippen LogP contribution in [0.15, 0.2) is 24.3 Å². The fourth-order valence-electron chi connectivity index (χ4n) is 2.16. The zero-order valence-corrected chi connectivity index (χ0v) is 11.8. The standard InChI is InChI=1S/C16H27N/c1-5-17-10-9-14(4)16-8-6-7-15(12-16)11-13(2)3/h6-8,12-14,17H,5,9-11H2,1-4H3. The van der Waals surface area contributed by atoms with Crippen molar-refractivity contribution in [3.8, 4) is 0 Å². The zero-order chi connectivity index (χ0) is 12.7. The topological polar surface area (TPSA) is 12.0 Å². The Morgan fingerprint density at radius 3 is 2.59 bits per heavy atom. The summed E-state index contributed by atoms with van der Waals surface area (Å²) in [5.74, 6) is 1.39. The molecule has 0 amide bonds. The van der Waals surface area contributed by atoms with Gasteiger partial charge >= 0.3 is 0 Å². The van der Waals surface area contributed by atoms with E-state index in [0.717, 1.165) is 19.0 Å². The van der Waals surface area contributed by atoms with E-state index in [-0.39, 0.29) is 0 Å². The van der Waals surface area contributed by atoms with Gasteiger partial charge < -0.3 is 5.32 Å². The molecule has 0 fully saturated rings. The molecule has 0 aromatic heterocycles. The summed E-state index contributed by atoms with van der Waals surface area (Å²) >= 11 is 0. The molecule has 0 aliphatic carbocycles. The predicted molar refractivity (Wildman–Crippen MR) is 76.6 cm³/mol. The molecule has 0 bridgehead atoms. The van der Waals surface area contributed by atoms with Gasteiger partial charge in [0.1, 0.15) is 0 Å². The molecule has 17 heavy (non-hydrogen) atoms. The number of nitrogens with one attached hydrogen (secondary N) is 1. The number of rotatable bonds is 7. The van der Waals surface area contributed by atoms with Crippen molar-refractivity contribution < 1.29 is 0 Å². The second-order valence-corrected chi connectivity index (χ2v) is 5.39. The maximum absolute atomic E-state index is 3.40. The average molecular weight is 233 g/mol. The molecule has 0 saturated carbocycles. The van der Waals surface area contributed by atoms with E-state index >= 15 is 0 Å². The van der Waals surface area contributed by atoms with Crippen molar-refractivity contribution in [2.24, 2.45) is 5.92 Å². The van der Waals surface area contributed by atoms with Crippen molar-refractivity contribution in [1.82, 2.24) is 5.32 Å². The Morgan fingerprint density at radius 2 is 1.94 bits per heavy atom. The van der Waals surface area contributed by atoms with E-state index in [1.165, 1.54) is 24.0 Å². The molecule has 0 aliphatic heterocycles. The monoisotopic (exact) mass is 233 g/mol. The van der Waals surface area contributed by atoms with Gasteiger partial charge in [0.15, 0.2) is 0 Å².